The summed E-state index contributed by atoms with van der Waals surface area (Å²) in [4.78, 5) is -1.16. The number of benzene rings is 1. The highest BCUT2D eigenvalue weighted by Gasteiger charge is 2.32. The van der Waals surface area contributed by atoms with E-state index in [1.165, 1.54) is 0 Å². The second kappa shape index (κ2) is 6.44. The van der Waals surface area contributed by atoms with Crippen LogP contribution in [0, 0.1) is 17.5 Å². The van der Waals surface area contributed by atoms with Gasteiger partial charge in [-0.3, -0.25) is 0 Å². The van der Waals surface area contributed by atoms with E-state index in [0.717, 1.165) is 0 Å². The van der Waals surface area contributed by atoms with E-state index in [2.05, 4.69) is 20.7 Å². The summed E-state index contributed by atoms with van der Waals surface area (Å²) in [6.45, 7) is 3.38. The van der Waals surface area contributed by atoms with Crippen molar-refractivity contribution in [3.05, 3.63) is 29.6 Å². The molecule has 0 radical (unpaired) electrons. The lowest BCUT2D eigenvalue weighted by Gasteiger charge is -2.28. The van der Waals surface area contributed by atoms with Crippen LogP contribution >= 0.6 is 15.9 Å². The van der Waals surface area contributed by atoms with Crippen LogP contribution in [-0.2, 0) is 10.0 Å². The van der Waals surface area contributed by atoms with Gasteiger partial charge in [-0.1, -0.05) is 22.9 Å². The molecule has 1 unspecified atom stereocenters. The number of alkyl halides is 1. The monoisotopic (exact) mass is 373 g/mol. The third-order valence-electron chi connectivity index (χ3n) is 3.04. The summed E-state index contributed by atoms with van der Waals surface area (Å²) in [6, 6.07) is 0.677. The summed E-state index contributed by atoms with van der Waals surface area (Å²) >= 11 is 3.20. The second-order valence-electron chi connectivity index (χ2n) is 4.66. The van der Waals surface area contributed by atoms with Crippen molar-refractivity contribution < 1.29 is 21.6 Å². The highest BCUT2D eigenvalue weighted by Crippen LogP contribution is 2.24. The molecule has 20 heavy (non-hydrogen) atoms. The summed E-state index contributed by atoms with van der Waals surface area (Å²) in [5.41, 5.74) is -0.852. The maximum atomic E-state index is 13.6. The van der Waals surface area contributed by atoms with Gasteiger partial charge in [-0.05, 0) is 19.8 Å². The quantitative estimate of drug-likeness (QED) is 0.777. The van der Waals surface area contributed by atoms with E-state index in [1.54, 1.807) is 13.8 Å². The normalized spacial score (nSPS) is 15.1. The van der Waals surface area contributed by atoms with E-state index >= 15 is 0 Å². The van der Waals surface area contributed by atoms with Crippen molar-refractivity contribution in [1.82, 2.24) is 4.72 Å². The van der Waals surface area contributed by atoms with E-state index in [1.807, 2.05) is 0 Å². The Morgan fingerprint density at radius 2 is 1.75 bits per heavy atom. The van der Waals surface area contributed by atoms with Crippen LogP contribution in [0.25, 0.3) is 0 Å². The van der Waals surface area contributed by atoms with Crippen molar-refractivity contribution in [2.75, 3.05) is 5.33 Å². The number of sulfonamides is 1. The van der Waals surface area contributed by atoms with Crippen LogP contribution in [0.1, 0.15) is 26.7 Å². The number of hydrogen-bond acceptors (Lipinski definition) is 2. The first-order valence-electron chi connectivity index (χ1n) is 5.89. The fraction of sp³-hybridized carbons (Fsp3) is 0.500. The van der Waals surface area contributed by atoms with Crippen LogP contribution in [0.5, 0.6) is 0 Å². The minimum atomic E-state index is -4.42. The molecule has 0 heterocycles. The van der Waals surface area contributed by atoms with Crippen molar-refractivity contribution in [2.24, 2.45) is 0 Å². The summed E-state index contributed by atoms with van der Waals surface area (Å²) in [6.07, 6.45) is 0.870. The SMILES string of the molecule is CCC(C)(CCBr)NS(=O)(=O)c1c(F)cc(F)cc1F. The fourth-order valence-corrected chi connectivity index (χ4v) is 4.17. The average Bonchev–Trinajstić information content (AvgIpc) is 2.26. The zero-order valence-corrected chi connectivity index (χ0v) is 13.4. The molecule has 0 spiro atoms. The van der Waals surface area contributed by atoms with E-state index < -0.39 is 37.9 Å². The van der Waals surface area contributed by atoms with Crippen LogP contribution in [0.4, 0.5) is 13.2 Å². The third kappa shape index (κ3) is 3.95. The molecule has 0 fully saturated rings. The molecular formula is C12H15BrF3NO2S. The van der Waals surface area contributed by atoms with Crippen molar-refractivity contribution >= 4 is 26.0 Å². The molecule has 8 heteroatoms. The summed E-state index contributed by atoms with van der Waals surface area (Å²) in [5.74, 6) is -4.07. The van der Waals surface area contributed by atoms with E-state index in [9.17, 15) is 21.6 Å². The molecule has 1 aromatic rings. The molecule has 1 aromatic carbocycles. The van der Waals surface area contributed by atoms with Crippen molar-refractivity contribution in [3.63, 3.8) is 0 Å². The molecule has 0 aliphatic heterocycles. The first kappa shape index (κ1) is 17.5. The van der Waals surface area contributed by atoms with Gasteiger partial charge in [-0.2, -0.15) is 0 Å². The lowest BCUT2D eigenvalue weighted by Crippen LogP contribution is -2.46. The zero-order chi connectivity index (χ0) is 15.6. The average molecular weight is 374 g/mol. The minimum Gasteiger partial charge on any atom is -0.207 e. The van der Waals surface area contributed by atoms with Crippen LogP contribution < -0.4 is 4.72 Å². The van der Waals surface area contributed by atoms with Crippen LogP contribution in [0.15, 0.2) is 17.0 Å². The lowest BCUT2D eigenvalue weighted by atomic mass is 9.98. The summed E-state index contributed by atoms with van der Waals surface area (Å²) in [5, 5.41) is 0.522. The highest BCUT2D eigenvalue weighted by atomic mass is 79.9. The van der Waals surface area contributed by atoms with Gasteiger partial charge >= 0.3 is 0 Å². The summed E-state index contributed by atoms with van der Waals surface area (Å²) in [7, 11) is -4.42. The number of nitrogens with one attached hydrogen (secondary N) is 1. The Bertz CT molecular complexity index is 571. The van der Waals surface area contributed by atoms with Crippen LogP contribution in [-0.4, -0.2) is 19.3 Å². The summed E-state index contributed by atoms with van der Waals surface area (Å²) < 4.78 is 66.4. The van der Waals surface area contributed by atoms with Gasteiger partial charge < -0.3 is 0 Å². The molecule has 114 valence electrons. The Labute approximate surface area is 124 Å². The first-order valence-corrected chi connectivity index (χ1v) is 8.50. The fourth-order valence-electron chi connectivity index (χ4n) is 1.67. The molecule has 0 bridgehead atoms. The molecule has 0 aromatic heterocycles. The molecule has 1 rings (SSSR count). The van der Waals surface area contributed by atoms with Gasteiger partial charge in [0.05, 0.1) is 0 Å². The Hall–Kier alpha value is -0.600. The number of hydrogen-bond donors (Lipinski definition) is 1. The Morgan fingerprint density at radius 3 is 2.15 bits per heavy atom. The van der Waals surface area contributed by atoms with Gasteiger partial charge in [0.25, 0.3) is 0 Å². The Balaban J connectivity index is 3.25. The van der Waals surface area contributed by atoms with E-state index in [4.69, 9.17) is 0 Å². The predicted molar refractivity (Wildman–Crippen MR) is 73.7 cm³/mol. The number of rotatable bonds is 6. The molecule has 1 atom stereocenters. The smallest absolute Gasteiger partial charge is 0.207 e. The van der Waals surface area contributed by atoms with Crippen LogP contribution in [0.2, 0.25) is 0 Å². The molecule has 0 amide bonds. The maximum absolute atomic E-state index is 13.6. The van der Waals surface area contributed by atoms with E-state index in [-0.39, 0.29) is 0 Å². The van der Waals surface area contributed by atoms with Gasteiger partial charge in [-0.15, -0.1) is 0 Å². The first-order chi connectivity index (χ1) is 9.15. The van der Waals surface area contributed by atoms with Gasteiger partial charge in [-0.25, -0.2) is 26.3 Å². The molecule has 0 saturated heterocycles. The molecular weight excluding hydrogens is 359 g/mol. The lowest BCUT2D eigenvalue weighted by molar-refractivity contribution is 0.389. The third-order valence-corrected chi connectivity index (χ3v) is 5.12. The number of halogens is 4. The van der Waals surface area contributed by atoms with Crippen molar-refractivity contribution in [3.8, 4) is 0 Å². The van der Waals surface area contributed by atoms with Gasteiger partial charge in [0.2, 0.25) is 10.0 Å². The van der Waals surface area contributed by atoms with Gasteiger partial charge in [0, 0.05) is 23.0 Å². The zero-order valence-electron chi connectivity index (χ0n) is 11.0. The second-order valence-corrected chi connectivity index (χ2v) is 7.07. The molecule has 3 nitrogen and oxygen atoms in total. The Kier molecular flexibility index (Phi) is 5.62. The maximum Gasteiger partial charge on any atom is 0.246 e. The van der Waals surface area contributed by atoms with E-state index in [0.29, 0.717) is 30.3 Å². The topological polar surface area (TPSA) is 46.2 Å². The minimum absolute atomic E-state index is 0.339. The largest absolute Gasteiger partial charge is 0.246 e. The van der Waals surface area contributed by atoms with Gasteiger partial charge in [0.15, 0.2) is 4.90 Å². The van der Waals surface area contributed by atoms with Crippen LogP contribution in [0.3, 0.4) is 0 Å². The molecule has 0 saturated carbocycles. The van der Waals surface area contributed by atoms with Gasteiger partial charge in [0.1, 0.15) is 17.5 Å². The van der Waals surface area contributed by atoms with Crippen molar-refractivity contribution in [2.45, 2.75) is 37.1 Å². The molecule has 0 aliphatic carbocycles. The highest BCUT2D eigenvalue weighted by molar-refractivity contribution is 9.09. The predicted octanol–water partition coefficient (Wildman–Crippen LogP) is 3.34. The standard InChI is InChI=1S/C12H15BrF3NO2S/c1-3-12(2,4-5-13)17-20(18,19)11-9(15)6-8(14)7-10(11)16/h6-7,17H,3-5H2,1-2H3. The Morgan fingerprint density at radius 1 is 1.25 bits per heavy atom. The van der Waals surface area contributed by atoms with Crippen molar-refractivity contribution in [1.29, 1.82) is 0 Å². The molecule has 1 N–H and O–H groups in total. The molecule has 0 aliphatic rings.